The normalized spacial score (nSPS) is 30.8. The molecule has 18 heavy (non-hydrogen) atoms. The van der Waals surface area contributed by atoms with Crippen molar-refractivity contribution in [2.75, 3.05) is 0 Å². The summed E-state index contributed by atoms with van der Waals surface area (Å²) >= 11 is 0. The lowest BCUT2D eigenvalue weighted by Gasteiger charge is -2.41. The van der Waals surface area contributed by atoms with E-state index in [1.807, 2.05) is 0 Å². The molecule has 3 rings (SSSR count). The van der Waals surface area contributed by atoms with Gasteiger partial charge in [-0.1, -0.05) is 12.8 Å². The van der Waals surface area contributed by atoms with Crippen molar-refractivity contribution >= 4 is 11.9 Å². The molecule has 3 fully saturated rings. The summed E-state index contributed by atoms with van der Waals surface area (Å²) in [6.45, 7) is 0. The highest BCUT2D eigenvalue weighted by Gasteiger charge is 2.59. The van der Waals surface area contributed by atoms with E-state index in [0.717, 1.165) is 25.7 Å². The third-order valence-electron chi connectivity index (χ3n) is 5.29. The van der Waals surface area contributed by atoms with Crippen molar-refractivity contribution in [3.63, 3.8) is 0 Å². The second kappa shape index (κ2) is 3.97. The van der Waals surface area contributed by atoms with Gasteiger partial charge in [0.1, 0.15) is 0 Å². The van der Waals surface area contributed by atoms with Crippen molar-refractivity contribution in [2.45, 2.75) is 63.3 Å². The fourth-order valence-electron chi connectivity index (χ4n) is 3.94. The Balaban J connectivity index is 1.59. The molecule has 0 radical (unpaired) electrons. The molecule has 1 spiro atoms. The van der Waals surface area contributed by atoms with Gasteiger partial charge in [0, 0.05) is 5.92 Å². The van der Waals surface area contributed by atoms with E-state index in [1.165, 1.54) is 25.7 Å². The summed E-state index contributed by atoms with van der Waals surface area (Å²) in [7, 11) is 0. The first-order valence-corrected chi connectivity index (χ1v) is 7.09. The highest BCUT2D eigenvalue weighted by molar-refractivity contribution is 5.84. The number of carbonyl (C=O) groups excluding carboxylic acids is 1. The molecule has 0 heterocycles. The highest BCUT2D eigenvalue weighted by Crippen LogP contribution is 2.63. The fourth-order valence-corrected chi connectivity index (χ4v) is 3.94. The van der Waals surface area contributed by atoms with Gasteiger partial charge >= 0.3 is 5.97 Å². The largest absolute Gasteiger partial charge is 0.481 e. The molecule has 3 aliphatic rings. The predicted octanol–water partition coefficient (Wildman–Crippen LogP) is 2.08. The zero-order valence-electron chi connectivity index (χ0n) is 10.7. The standard InChI is InChI=1S/C14H21NO3/c16-11(17)9-14(6-3-7-14)15-12(18)10-8-13(10)4-1-2-5-13/h10H,1-9H2,(H,15,18)(H,16,17)/t10-/m0/s1. The lowest BCUT2D eigenvalue weighted by molar-refractivity contribution is -0.140. The summed E-state index contributed by atoms with van der Waals surface area (Å²) in [5.41, 5.74) is -0.121. The van der Waals surface area contributed by atoms with Gasteiger partial charge in [-0.15, -0.1) is 0 Å². The third-order valence-corrected chi connectivity index (χ3v) is 5.29. The number of hydrogen-bond acceptors (Lipinski definition) is 2. The summed E-state index contributed by atoms with van der Waals surface area (Å²) in [6.07, 6.45) is 8.68. The zero-order valence-corrected chi connectivity index (χ0v) is 10.7. The molecule has 2 N–H and O–H groups in total. The Kier molecular flexibility index (Phi) is 2.65. The van der Waals surface area contributed by atoms with Crippen LogP contribution in [0, 0.1) is 11.3 Å². The van der Waals surface area contributed by atoms with Crippen LogP contribution in [-0.4, -0.2) is 22.5 Å². The number of carbonyl (C=O) groups is 2. The van der Waals surface area contributed by atoms with E-state index in [-0.39, 0.29) is 18.2 Å². The van der Waals surface area contributed by atoms with E-state index in [9.17, 15) is 9.59 Å². The van der Waals surface area contributed by atoms with E-state index in [2.05, 4.69) is 5.32 Å². The van der Waals surface area contributed by atoms with Gasteiger partial charge in [-0.2, -0.15) is 0 Å². The van der Waals surface area contributed by atoms with Crippen LogP contribution in [0.15, 0.2) is 0 Å². The van der Waals surface area contributed by atoms with E-state index >= 15 is 0 Å². The van der Waals surface area contributed by atoms with E-state index in [4.69, 9.17) is 5.11 Å². The highest BCUT2D eigenvalue weighted by atomic mass is 16.4. The van der Waals surface area contributed by atoms with Gasteiger partial charge < -0.3 is 10.4 Å². The summed E-state index contributed by atoms with van der Waals surface area (Å²) in [4.78, 5) is 23.1. The fraction of sp³-hybridized carbons (Fsp3) is 0.857. The van der Waals surface area contributed by atoms with Crippen LogP contribution < -0.4 is 5.32 Å². The number of aliphatic carboxylic acids is 1. The van der Waals surface area contributed by atoms with Crippen LogP contribution in [0.1, 0.15) is 57.8 Å². The van der Waals surface area contributed by atoms with Crippen molar-refractivity contribution in [1.82, 2.24) is 5.32 Å². The predicted molar refractivity (Wildman–Crippen MR) is 66.0 cm³/mol. The average Bonchev–Trinajstić information content (AvgIpc) is 2.73. The molecule has 0 saturated heterocycles. The Bertz CT molecular complexity index is 381. The topological polar surface area (TPSA) is 66.4 Å². The lowest BCUT2D eigenvalue weighted by atomic mass is 9.74. The van der Waals surface area contributed by atoms with Crippen LogP contribution in [0.5, 0.6) is 0 Å². The maximum absolute atomic E-state index is 12.3. The van der Waals surface area contributed by atoms with E-state index in [0.29, 0.717) is 5.41 Å². The minimum atomic E-state index is -0.804. The number of carboxylic acids is 1. The monoisotopic (exact) mass is 251 g/mol. The summed E-state index contributed by atoms with van der Waals surface area (Å²) in [5.74, 6) is -0.509. The van der Waals surface area contributed by atoms with Crippen LogP contribution >= 0.6 is 0 Å². The second-order valence-corrected chi connectivity index (χ2v) is 6.52. The smallest absolute Gasteiger partial charge is 0.305 e. The van der Waals surface area contributed by atoms with Crippen molar-refractivity contribution in [2.24, 2.45) is 11.3 Å². The number of carboxylic acid groups (broad SMARTS) is 1. The number of hydrogen-bond donors (Lipinski definition) is 2. The molecule has 1 amide bonds. The van der Waals surface area contributed by atoms with Crippen LogP contribution in [0.3, 0.4) is 0 Å². The molecule has 0 aromatic rings. The molecule has 4 heteroatoms. The first kappa shape index (κ1) is 12.0. The van der Waals surface area contributed by atoms with Gasteiger partial charge in [0.05, 0.1) is 12.0 Å². The molecule has 0 bridgehead atoms. The van der Waals surface area contributed by atoms with Gasteiger partial charge in [-0.3, -0.25) is 9.59 Å². The summed E-state index contributed by atoms with van der Waals surface area (Å²) in [6, 6.07) is 0. The van der Waals surface area contributed by atoms with Crippen molar-refractivity contribution < 1.29 is 14.7 Å². The molecule has 0 aromatic carbocycles. The molecule has 0 unspecified atom stereocenters. The molecule has 3 saturated carbocycles. The van der Waals surface area contributed by atoms with Crippen LogP contribution in [0.2, 0.25) is 0 Å². The Labute approximate surface area is 107 Å². The minimum Gasteiger partial charge on any atom is -0.481 e. The van der Waals surface area contributed by atoms with E-state index < -0.39 is 11.5 Å². The van der Waals surface area contributed by atoms with Crippen LogP contribution in [0.4, 0.5) is 0 Å². The molecule has 0 aliphatic heterocycles. The molecule has 1 atom stereocenters. The number of nitrogens with one attached hydrogen (secondary N) is 1. The minimum absolute atomic E-state index is 0.0818. The SMILES string of the molecule is O=C(O)CC1(NC(=O)[C@@H]2CC23CCCC3)CCC1. The van der Waals surface area contributed by atoms with E-state index in [1.54, 1.807) is 0 Å². The van der Waals surface area contributed by atoms with Crippen molar-refractivity contribution in [3.05, 3.63) is 0 Å². The molecule has 3 aliphatic carbocycles. The van der Waals surface area contributed by atoms with Gasteiger partial charge in [0.25, 0.3) is 0 Å². The second-order valence-electron chi connectivity index (χ2n) is 6.52. The number of amides is 1. The Morgan fingerprint density at radius 3 is 2.28 bits per heavy atom. The Morgan fingerprint density at radius 2 is 1.78 bits per heavy atom. The lowest BCUT2D eigenvalue weighted by Crippen LogP contribution is -2.55. The first-order valence-electron chi connectivity index (χ1n) is 7.09. The van der Waals surface area contributed by atoms with Gasteiger partial charge in [0.15, 0.2) is 0 Å². The summed E-state index contributed by atoms with van der Waals surface area (Å²) in [5, 5.41) is 12.0. The molecule has 0 aromatic heterocycles. The summed E-state index contributed by atoms with van der Waals surface area (Å²) < 4.78 is 0. The van der Waals surface area contributed by atoms with Gasteiger partial charge in [0.2, 0.25) is 5.91 Å². The quantitative estimate of drug-likeness (QED) is 0.804. The molecular formula is C14H21NO3. The van der Waals surface area contributed by atoms with Gasteiger partial charge in [-0.25, -0.2) is 0 Å². The first-order chi connectivity index (χ1) is 8.55. The van der Waals surface area contributed by atoms with Crippen LogP contribution in [0.25, 0.3) is 0 Å². The maximum Gasteiger partial charge on any atom is 0.305 e. The van der Waals surface area contributed by atoms with Crippen molar-refractivity contribution in [1.29, 1.82) is 0 Å². The Hall–Kier alpha value is -1.06. The van der Waals surface area contributed by atoms with Crippen molar-refractivity contribution in [3.8, 4) is 0 Å². The van der Waals surface area contributed by atoms with Crippen LogP contribution in [-0.2, 0) is 9.59 Å². The molecule has 100 valence electrons. The molecule has 4 nitrogen and oxygen atoms in total. The molecular weight excluding hydrogens is 230 g/mol. The Morgan fingerprint density at radius 1 is 1.11 bits per heavy atom. The van der Waals surface area contributed by atoms with Gasteiger partial charge in [-0.05, 0) is 43.9 Å². The average molecular weight is 251 g/mol. The maximum atomic E-state index is 12.3. The third kappa shape index (κ3) is 1.91. The zero-order chi connectivity index (χ0) is 12.8. The number of rotatable bonds is 4.